The number of Topliss-reactive ketones (excluding diaryl/α,β-unsaturated/α-hetero) is 1. The molecule has 6 nitrogen and oxygen atoms in total. The van der Waals surface area contributed by atoms with Gasteiger partial charge in [0.25, 0.3) is 5.09 Å². The number of rotatable bonds is 6. The predicted octanol–water partition coefficient (Wildman–Crippen LogP) is 1.88. The second-order valence-electron chi connectivity index (χ2n) is 3.46. The Balaban J connectivity index is 3.00. The summed E-state index contributed by atoms with van der Waals surface area (Å²) in [6, 6.07) is 7.05. The van der Waals surface area contributed by atoms with Gasteiger partial charge in [0.15, 0.2) is 5.78 Å². The maximum atomic E-state index is 11.3. The van der Waals surface area contributed by atoms with E-state index in [1.807, 2.05) is 0 Å². The summed E-state index contributed by atoms with van der Waals surface area (Å²) >= 11 is 0. The van der Waals surface area contributed by atoms with Gasteiger partial charge >= 0.3 is 0 Å². The first-order valence-electron chi connectivity index (χ1n) is 5.16. The van der Waals surface area contributed by atoms with Crippen molar-refractivity contribution in [2.24, 2.45) is 0 Å². The lowest BCUT2D eigenvalue weighted by atomic mass is 10.1. The molecule has 0 heterocycles. The average Bonchev–Trinajstić information content (AvgIpc) is 2.34. The number of benzene rings is 1. The highest BCUT2D eigenvalue weighted by Crippen LogP contribution is 2.20. The molecule has 0 saturated carbocycles. The van der Waals surface area contributed by atoms with E-state index >= 15 is 0 Å². The van der Waals surface area contributed by atoms with Gasteiger partial charge in [-0.15, -0.1) is 10.1 Å². The number of hydrogen-bond acceptors (Lipinski definition) is 5. The van der Waals surface area contributed by atoms with Crippen LogP contribution < -0.4 is 4.74 Å². The number of carbonyl (C=O) groups excluding carboxylic acids is 1. The first kappa shape index (κ1) is 13.7. The molecule has 18 heavy (non-hydrogen) atoms. The van der Waals surface area contributed by atoms with Gasteiger partial charge in [0.1, 0.15) is 12.4 Å². The number of ketones is 1. The lowest BCUT2D eigenvalue weighted by Gasteiger charge is -2.06. The van der Waals surface area contributed by atoms with Crippen LogP contribution in [0, 0.1) is 10.1 Å². The van der Waals surface area contributed by atoms with Gasteiger partial charge < -0.3 is 9.57 Å². The minimum absolute atomic E-state index is 0.205. The fourth-order valence-electron chi connectivity index (χ4n) is 1.34. The van der Waals surface area contributed by atoms with Crippen molar-refractivity contribution >= 4 is 11.9 Å². The van der Waals surface area contributed by atoms with Crippen LogP contribution in [0.4, 0.5) is 0 Å². The molecule has 0 unspecified atom stereocenters. The van der Waals surface area contributed by atoms with E-state index in [-0.39, 0.29) is 18.0 Å². The Hall–Kier alpha value is -2.37. The summed E-state index contributed by atoms with van der Waals surface area (Å²) in [7, 11) is 1.51. The molecule has 0 amide bonds. The Kier molecular flexibility index (Phi) is 4.86. The van der Waals surface area contributed by atoms with Crippen LogP contribution in [0.15, 0.2) is 29.8 Å². The van der Waals surface area contributed by atoms with Crippen LogP contribution >= 0.6 is 0 Å². The molecule has 0 aliphatic carbocycles. The van der Waals surface area contributed by atoms with Crippen LogP contribution in [0.5, 0.6) is 5.75 Å². The van der Waals surface area contributed by atoms with Crippen molar-refractivity contribution < 1.29 is 19.5 Å². The van der Waals surface area contributed by atoms with Crippen LogP contribution in [0.2, 0.25) is 0 Å². The molecule has 0 aliphatic rings. The highest BCUT2D eigenvalue weighted by Gasteiger charge is 2.08. The summed E-state index contributed by atoms with van der Waals surface area (Å²) in [6.45, 7) is 0.949. The zero-order valence-electron chi connectivity index (χ0n) is 10.1. The zero-order chi connectivity index (χ0) is 13.5. The molecule has 0 fully saturated rings. The molecule has 1 rings (SSSR count). The van der Waals surface area contributed by atoms with E-state index in [4.69, 9.17) is 4.74 Å². The Bertz CT molecular complexity index is 481. The molecule has 0 atom stereocenters. The Labute approximate surface area is 104 Å². The SMILES string of the molecule is COc1ccccc1/C=C(\CO[N+](=O)[O-])C(C)=O. The average molecular weight is 251 g/mol. The summed E-state index contributed by atoms with van der Waals surface area (Å²) in [5.41, 5.74) is 0.869. The number of methoxy groups -OCH3 is 1. The van der Waals surface area contributed by atoms with Crippen molar-refractivity contribution in [2.45, 2.75) is 6.92 Å². The Morgan fingerprint density at radius 1 is 1.44 bits per heavy atom. The second kappa shape index (κ2) is 6.39. The van der Waals surface area contributed by atoms with Crippen molar-refractivity contribution in [3.8, 4) is 5.75 Å². The smallest absolute Gasteiger partial charge is 0.294 e. The molecule has 1 aromatic rings. The van der Waals surface area contributed by atoms with Gasteiger partial charge in [-0.1, -0.05) is 18.2 Å². The molecular weight excluding hydrogens is 238 g/mol. The molecule has 6 heteroatoms. The minimum atomic E-state index is -0.932. The Morgan fingerprint density at radius 3 is 2.67 bits per heavy atom. The molecule has 96 valence electrons. The summed E-state index contributed by atoms with van der Waals surface area (Å²) in [4.78, 5) is 25.7. The van der Waals surface area contributed by atoms with Crippen molar-refractivity contribution in [1.29, 1.82) is 0 Å². The summed E-state index contributed by atoms with van der Waals surface area (Å²) < 4.78 is 5.12. The standard InChI is InChI=1S/C12H13NO5/c1-9(14)11(8-18-13(15)16)7-10-5-3-4-6-12(10)17-2/h3-7H,8H2,1-2H3/b11-7+. The summed E-state index contributed by atoms with van der Waals surface area (Å²) in [6.07, 6.45) is 1.52. The first-order valence-corrected chi connectivity index (χ1v) is 5.16. The predicted molar refractivity (Wildman–Crippen MR) is 64.6 cm³/mol. The van der Waals surface area contributed by atoms with E-state index < -0.39 is 5.09 Å². The van der Waals surface area contributed by atoms with Gasteiger partial charge in [-0.3, -0.25) is 4.79 Å². The van der Waals surface area contributed by atoms with E-state index in [2.05, 4.69) is 4.84 Å². The van der Waals surface area contributed by atoms with Crippen molar-refractivity contribution in [1.82, 2.24) is 0 Å². The van der Waals surface area contributed by atoms with Gasteiger partial charge in [-0.25, -0.2) is 0 Å². The normalized spacial score (nSPS) is 10.9. The molecule has 0 aliphatic heterocycles. The molecule has 0 spiro atoms. The van der Waals surface area contributed by atoms with Crippen molar-refractivity contribution in [3.05, 3.63) is 45.5 Å². The topological polar surface area (TPSA) is 78.7 Å². The highest BCUT2D eigenvalue weighted by molar-refractivity contribution is 5.98. The number of ether oxygens (including phenoxy) is 1. The number of para-hydroxylation sites is 1. The number of hydrogen-bond donors (Lipinski definition) is 0. The molecule has 0 saturated heterocycles. The monoisotopic (exact) mass is 251 g/mol. The van der Waals surface area contributed by atoms with Crippen LogP contribution in [-0.4, -0.2) is 24.6 Å². The van der Waals surface area contributed by atoms with Crippen LogP contribution in [-0.2, 0) is 9.63 Å². The quantitative estimate of drug-likeness (QED) is 0.438. The zero-order valence-corrected chi connectivity index (χ0v) is 10.1. The van der Waals surface area contributed by atoms with Gasteiger partial charge in [0, 0.05) is 11.1 Å². The molecule has 0 aromatic heterocycles. The molecule has 1 aromatic carbocycles. The highest BCUT2D eigenvalue weighted by atomic mass is 16.9. The van der Waals surface area contributed by atoms with E-state index in [1.165, 1.54) is 20.1 Å². The van der Waals surface area contributed by atoms with Crippen molar-refractivity contribution in [2.75, 3.05) is 13.7 Å². The van der Waals surface area contributed by atoms with Crippen LogP contribution in [0.1, 0.15) is 12.5 Å². The van der Waals surface area contributed by atoms with Crippen molar-refractivity contribution in [3.63, 3.8) is 0 Å². The second-order valence-corrected chi connectivity index (χ2v) is 3.46. The number of carbonyl (C=O) groups is 1. The van der Waals surface area contributed by atoms with E-state index in [0.717, 1.165) is 0 Å². The van der Waals surface area contributed by atoms with Crippen LogP contribution in [0.25, 0.3) is 6.08 Å². The number of nitrogens with zero attached hydrogens (tertiary/aromatic N) is 1. The molecular formula is C12H13NO5. The molecule has 0 N–H and O–H groups in total. The fourth-order valence-corrected chi connectivity index (χ4v) is 1.34. The Morgan fingerprint density at radius 2 is 2.11 bits per heavy atom. The largest absolute Gasteiger partial charge is 0.496 e. The van der Waals surface area contributed by atoms with Gasteiger partial charge in [0.05, 0.1) is 7.11 Å². The van der Waals surface area contributed by atoms with Gasteiger partial charge in [0.2, 0.25) is 0 Å². The third kappa shape index (κ3) is 3.89. The maximum Gasteiger partial charge on any atom is 0.294 e. The summed E-state index contributed by atoms with van der Waals surface area (Å²) in [5, 5.41) is 9.19. The van der Waals surface area contributed by atoms with E-state index in [9.17, 15) is 14.9 Å². The molecule has 0 bridgehead atoms. The van der Waals surface area contributed by atoms with Crippen LogP contribution in [0.3, 0.4) is 0 Å². The minimum Gasteiger partial charge on any atom is -0.496 e. The third-order valence-electron chi connectivity index (χ3n) is 2.25. The van der Waals surface area contributed by atoms with E-state index in [1.54, 1.807) is 24.3 Å². The molecule has 0 radical (unpaired) electrons. The maximum absolute atomic E-state index is 11.3. The van der Waals surface area contributed by atoms with Gasteiger partial charge in [-0.2, -0.15) is 0 Å². The third-order valence-corrected chi connectivity index (χ3v) is 2.25. The van der Waals surface area contributed by atoms with E-state index in [0.29, 0.717) is 11.3 Å². The van der Waals surface area contributed by atoms with Gasteiger partial charge in [-0.05, 0) is 19.1 Å². The lowest BCUT2D eigenvalue weighted by molar-refractivity contribution is -0.755. The first-order chi connectivity index (χ1) is 8.54. The fraction of sp³-hybridized carbons (Fsp3) is 0.250. The summed E-state index contributed by atoms with van der Waals surface area (Å²) in [5.74, 6) is 0.292. The lowest BCUT2D eigenvalue weighted by Crippen LogP contribution is -2.09.